The first-order valence-electron chi connectivity index (χ1n) is 9.27. The Hall–Kier alpha value is -2.33. The summed E-state index contributed by atoms with van der Waals surface area (Å²) in [6.45, 7) is 2.79. The Bertz CT molecular complexity index is 665. The van der Waals surface area contributed by atoms with E-state index in [-0.39, 0.29) is 11.8 Å². The number of nitriles is 1. The van der Waals surface area contributed by atoms with Gasteiger partial charge >= 0.3 is 0 Å². The summed E-state index contributed by atoms with van der Waals surface area (Å²) in [7, 11) is 1.76. The number of furan rings is 1. The van der Waals surface area contributed by atoms with Crippen molar-refractivity contribution in [2.75, 3.05) is 39.8 Å². The first kappa shape index (κ1) is 18.5. The molecule has 0 unspecified atom stereocenters. The Morgan fingerprint density at radius 3 is 2.50 bits per heavy atom. The Kier molecular flexibility index (Phi) is 5.62. The molecule has 140 valence electrons. The van der Waals surface area contributed by atoms with Crippen molar-refractivity contribution in [1.82, 2.24) is 14.7 Å². The van der Waals surface area contributed by atoms with E-state index in [1.165, 1.54) is 12.5 Å². The molecule has 1 saturated carbocycles. The third kappa shape index (κ3) is 3.75. The molecule has 1 saturated heterocycles. The maximum atomic E-state index is 12.7. The van der Waals surface area contributed by atoms with Crippen LogP contribution in [0.2, 0.25) is 0 Å². The number of likely N-dealkylation sites (N-methyl/N-ethyl adjacent to an activating group) is 1. The van der Waals surface area contributed by atoms with Gasteiger partial charge in [0, 0.05) is 33.2 Å². The van der Waals surface area contributed by atoms with Crippen molar-refractivity contribution in [3.05, 3.63) is 24.2 Å². The van der Waals surface area contributed by atoms with Gasteiger partial charge in [0.05, 0.1) is 24.4 Å². The zero-order valence-corrected chi connectivity index (χ0v) is 15.3. The van der Waals surface area contributed by atoms with Gasteiger partial charge in [-0.2, -0.15) is 5.26 Å². The molecule has 2 heterocycles. The number of hydrogen-bond acceptors (Lipinski definition) is 5. The van der Waals surface area contributed by atoms with Crippen LogP contribution in [-0.2, 0) is 4.79 Å². The van der Waals surface area contributed by atoms with Crippen LogP contribution in [0.4, 0.5) is 0 Å². The van der Waals surface area contributed by atoms with Crippen LogP contribution < -0.4 is 0 Å². The van der Waals surface area contributed by atoms with Crippen LogP contribution in [0.3, 0.4) is 0 Å². The lowest BCUT2D eigenvalue weighted by Gasteiger charge is -2.41. The van der Waals surface area contributed by atoms with Crippen molar-refractivity contribution in [3.8, 4) is 6.07 Å². The van der Waals surface area contributed by atoms with E-state index in [9.17, 15) is 14.9 Å². The zero-order chi connectivity index (χ0) is 18.6. The summed E-state index contributed by atoms with van der Waals surface area (Å²) in [5, 5.41) is 9.64. The minimum atomic E-state index is -0.644. The van der Waals surface area contributed by atoms with Crippen LogP contribution in [0.25, 0.3) is 0 Å². The lowest BCUT2D eigenvalue weighted by molar-refractivity contribution is -0.136. The molecule has 2 fully saturated rings. The summed E-state index contributed by atoms with van der Waals surface area (Å²) < 4.78 is 4.97. The molecule has 1 aromatic rings. The predicted octanol–water partition coefficient (Wildman–Crippen LogP) is 1.72. The van der Waals surface area contributed by atoms with Gasteiger partial charge in [0.25, 0.3) is 5.91 Å². The smallest absolute Gasteiger partial charge is 0.257 e. The second-order valence-corrected chi connectivity index (χ2v) is 7.24. The van der Waals surface area contributed by atoms with Crippen molar-refractivity contribution >= 4 is 11.8 Å². The van der Waals surface area contributed by atoms with Gasteiger partial charge in [0.15, 0.2) is 0 Å². The molecular weight excluding hydrogens is 332 g/mol. The molecule has 1 aromatic heterocycles. The topological polar surface area (TPSA) is 80.8 Å². The van der Waals surface area contributed by atoms with E-state index in [0.717, 1.165) is 32.1 Å². The maximum Gasteiger partial charge on any atom is 0.257 e. The first-order valence-corrected chi connectivity index (χ1v) is 9.27. The Balaban J connectivity index is 1.51. The number of nitrogens with zero attached hydrogens (tertiary/aromatic N) is 4. The van der Waals surface area contributed by atoms with Gasteiger partial charge in [-0.3, -0.25) is 14.5 Å². The molecule has 3 rings (SSSR count). The van der Waals surface area contributed by atoms with E-state index in [0.29, 0.717) is 38.3 Å². The van der Waals surface area contributed by atoms with Crippen LogP contribution in [0.1, 0.15) is 42.5 Å². The fourth-order valence-corrected chi connectivity index (χ4v) is 3.87. The summed E-state index contributed by atoms with van der Waals surface area (Å²) >= 11 is 0. The number of piperazine rings is 1. The summed E-state index contributed by atoms with van der Waals surface area (Å²) in [6.07, 6.45) is 7.61. The molecule has 7 nitrogen and oxygen atoms in total. The summed E-state index contributed by atoms with van der Waals surface area (Å²) in [6, 6.07) is 4.06. The van der Waals surface area contributed by atoms with E-state index >= 15 is 0 Å². The highest BCUT2D eigenvalue weighted by molar-refractivity contribution is 5.93. The molecule has 0 aromatic carbocycles. The third-order valence-electron chi connectivity index (χ3n) is 5.69. The van der Waals surface area contributed by atoms with Gasteiger partial charge in [-0.25, -0.2) is 0 Å². The molecular formula is C19H26N4O3. The highest BCUT2D eigenvalue weighted by atomic mass is 16.3. The van der Waals surface area contributed by atoms with Crippen molar-refractivity contribution in [1.29, 1.82) is 5.26 Å². The summed E-state index contributed by atoms with van der Waals surface area (Å²) in [4.78, 5) is 30.5. The van der Waals surface area contributed by atoms with Crippen LogP contribution in [0.15, 0.2) is 23.0 Å². The molecule has 2 aliphatic rings. The number of rotatable bonds is 4. The van der Waals surface area contributed by atoms with E-state index in [1.54, 1.807) is 22.9 Å². The van der Waals surface area contributed by atoms with Crippen LogP contribution in [0.5, 0.6) is 0 Å². The number of carbonyl (C=O) groups is 2. The standard InChI is InChI=1S/C19H26N4O3/c1-21(19(15-20)6-3-2-4-7-19)17(24)13-22-8-10-23(11-9-22)18(25)16-5-12-26-14-16/h5,12,14H,2-4,6-11,13H2,1H3. The molecule has 0 bridgehead atoms. The maximum absolute atomic E-state index is 12.7. The average molecular weight is 358 g/mol. The molecule has 0 atom stereocenters. The minimum absolute atomic E-state index is 0.0111. The lowest BCUT2D eigenvalue weighted by atomic mass is 9.81. The molecule has 0 spiro atoms. The minimum Gasteiger partial charge on any atom is -0.472 e. The fraction of sp³-hybridized carbons (Fsp3) is 0.632. The highest BCUT2D eigenvalue weighted by Crippen LogP contribution is 2.32. The summed E-state index contributed by atoms with van der Waals surface area (Å²) in [5.74, 6) is -0.0458. The second kappa shape index (κ2) is 7.92. The normalized spacial score (nSPS) is 20.4. The SMILES string of the molecule is CN(C(=O)CN1CCN(C(=O)c2ccoc2)CC1)C1(C#N)CCCCC1. The van der Waals surface area contributed by atoms with Crippen molar-refractivity contribution in [2.24, 2.45) is 0 Å². The van der Waals surface area contributed by atoms with Gasteiger partial charge in [0.2, 0.25) is 5.91 Å². The highest BCUT2D eigenvalue weighted by Gasteiger charge is 2.39. The monoisotopic (exact) mass is 358 g/mol. The number of carbonyl (C=O) groups excluding carboxylic acids is 2. The van der Waals surface area contributed by atoms with Gasteiger partial charge in [-0.05, 0) is 18.9 Å². The average Bonchev–Trinajstić information content (AvgIpc) is 3.22. The van der Waals surface area contributed by atoms with E-state index in [2.05, 4.69) is 11.0 Å². The van der Waals surface area contributed by atoms with Crippen LogP contribution in [0, 0.1) is 11.3 Å². The van der Waals surface area contributed by atoms with Crippen LogP contribution in [-0.4, -0.2) is 71.8 Å². The molecule has 0 radical (unpaired) electrons. The van der Waals surface area contributed by atoms with Gasteiger partial charge < -0.3 is 14.2 Å². The Morgan fingerprint density at radius 2 is 1.92 bits per heavy atom. The number of amides is 2. The zero-order valence-electron chi connectivity index (χ0n) is 15.3. The predicted molar refractivity (Wildman–Crippen MR) is 95.3 cm³/mol. The van der Waals surface area contributed by atoms with Gasteiger partial charge in [-0.15, -0.1) is 0 Å². The largest absolute Gasteiger partial charge is 0.472 e. The lowest BCUT2D eigenvalue weighted by Crippen LogP contribution is -2.55. The van der Waals surface area contributed by atoms with E-state index in [4.69, 9.17) is 4.42 Å². The summed E-state index contributed by atoms with van der Waals surface area (Å²) in [5.41, 5.74) is -0.0866. The van der Waals surface area contributed by atoms with E-state index in [1.807, 2.05) is 0 Å². The van der Waals surface area contributed by atoms with Crippen molar-refractivity contribution in [2.45, 2.75) is 37.6 Å². The Morgan fingerprint density at radius 1 is 1.23 bits per heavy atom. The van der Waals surface area contributed by atoms with Gasteiger partial charge in [-0.1, -0.05) is 19.3 Å². The molecule has 26 heavy (non-hydrogen) atoms. The quantitative estimate of drug-likeness (QED) is 0.819. The number of hydrogen-bond donors (Lipinski definition) is 0. The van der Waals surface area contributed by atoms with Crippen molar-refractivity contribution in [3.63, 3.8) is 0 Å². The molecule has 0 N–H and O–H groups in total. The fourth-order valence-electron chi connectivity index (χ4n) is 3.87. The van der Waals surface area contributed by atoms with Crippen LogP contribution >= 0.6 is 0 Å². The Labute approximate surface area is 154 Å². The molecule has 1 aliphatic carbocycles. The van der Waals surface area contributed by atoms with Crippen molar-refractivity contribution < 1.29 is 14.0 Å². The van der Waals surface area contributed by atoms with Gasteiger partial charge in [0.1, 0.15) is 11.8 Å². The van der Waals surface area contributed by atoms with E-state index < -0.39 is 5.54 Å². The molecule has 2 amide bonds. The first-order chi connectivity index (χ1) is 12.6. The second-order valence-electron chi connectivity index (χ2n) is 7.24. The third-order valence-corrected chi connectivity index (χ3v) is 5.69. The molecule has 7 heteroatoms. The molecule has 1 aliphatic heterocycles.